The average Bonchev–Trinajstić information content (AvgIpc) is 2.42. The van der Waals surface area contributed by atoms with Crippen molar-refractivity contribution in [3.8, 4) is 12.3 Å². The van der Waals surface area contributed by atoms with Gasteiger partial charge in [-0.3, -0.25) is 0 Å². The Morgan fingerprint density at radius 1 is 1.69 bits per heavy atom. The van der Waals surface area contributed by atoms with Crippen LogP contribution in [0.25, 0.3) is 0 Å². The summed E-state index contributed by atoms with van der Waals surface area (Å²) >= 11 is 0. The average molecular weight is 187 g/mol. The molecule has 13 heavy (non-hydrogen) atoms. The minimum atomic E-state index is -2.46. The van der Waals surface area contributed by atoms with Gasteiger partial charge in [0.1, 0.15) is 0 Å². The molecule has 0 spiro atoms. The Morgan fingerprint density at radius 2 is 2.38 bits per heavy atom. The van der Waals surface area contributed by atoms with Crippen LogP contribution in [-0.4, -0.2) is 19.0 Å². The van der Waals surface area contributed by atoms with Crippen LogP contribution in [-0.2, 0) is 0 Å². The molecule has 2 atom stereocenters. The molecule has 1 aliphatic rings. The molecule has 0 saturated heterocycles. The molecule has 0 radical (unpaired) electrons. The summed E-state index contributed by atoms with van der Waals surface area (Å²) in [4.78, 5) is 0. The van der Waals surface area contributed by atoms with E-state index in [2.05, 4.69) is 11.2 Å². The van der Waals surface area contributed by atoms with E-state index in [4.69, 9.17) is 6.42 Å². The highest BCUT2D eigenvalue weighted by Crippen LogP contribution is 2.40. The third-order valence-corrected chi connectivity index (χ3v) is 2.72. The molecule has 3 heteroatoms. The van der Waals surface area contributed by atoms with Crippen molar-refractivity contribution < 1.29 is 8.78 Å². The first-order chi connectivity index (χ1) is 6.09. The summed E-state index contributed by atoms with van der Waals surface area (Å²) in [6.45, 7) is 0. The number of hydrogen-bond acceptors (Lipinski definition) is 1. The normalized spacial score (nSPS) is 28.3. The standard InChI is InChI=1S/C10H15F2N/c1-3-4-9(13-2)8-5-6-10(11,12)7-8/h1,8-9,13H,4-7H2,2H3. The van der Waals surface area contributed by atoms with Crippen LogP contribution in [0.2, 0.25) is 0 Å². The summed E-state index contributed by atoms with van der Waals surface area (Å²) in [6.07, 6.45) is 6.29. The van der Waals surface area contributed by atoms with Crippen LogP contribution in [0.15, 0.2) is 0 Å². The van der Waals surface area contributed by atoms with E-state index in [0.29, 0.717) is 12.8 Å². The highest BCUT2D eigenvalue weighted by Gasteiger charge is 2.41. The molecule has 1 saturated carbocycles. The van der Waals surface area contributed by atoms with E-state index in [-0.39, 0.29) is 24.8 Å². The molecular formula is C10H15F2N. The van der Waals surface area contributed by atoms with E-state index < -0.39 is 5.92 Å². The molecule has 1 fully saturated rings. The number of terminal acetylenes is 1. The van der Waals surface area contributed by atoms with Gasteiger partial charge in [-0.1, -0.05) is 0 Å². The summed E-state index contributed by atoms with van der Waals surface area (Å²) in [6, 6.07) is 0.0541. The maximum absolute atomic E-state index is 12.9. The highest BCUT2D eigenvalue weighted by atomic mass is 19.3. The van der Waals surface area contributed by atoms with E-state index in [9.17, 15) is 8.78 Å². The lowest BCUT2D eigenvalue weighted by Gasteiger charge is -2.20. The fourth-order valence-electron chi connectivity index (χ4n) is 1.96. The Labute approximate surface area is 77.9 Å². The first-order valence-corrected chi connectivity index (χ1v) is 4.57. The fraction of sp³-hybridized carbons (Fsp3) is 0.800. The number of halogens is 2. The molecule has 0 aliphatic heterocycles. The lowest BCUT2D eigenvalue weighted by atomic mass is 9.96. The lowest BCUT2D eigenvalue weighted by Crippen LogP contribution is -2.32. The van der Waals surface area contributed by atoms with Crippen LogP contribution in [0, 0.1) is 18.3 Å². The monoisotopic (exact) mass is 187 g/mol. The van der Waals surface area contributed by atoms with Crippen molar-refractivity contribution in [2.24, 2.45) is 5.92 Å². The molecule has 0 aromatic carbocycles. The second kappa shape index (κ2) is 4.06. The van der Waals surface area contributed by atoms with Crippen molar-refractivity contribution in [3.63, 3.8) is 0 Å². The summed E-state index contributed by atoms with van der Waals surface area (Å²) in [5.41, 5.74) is 0. The van der Waals surface area contributed by atoms with Gasteiger partial charge in [0.05, 0.1) is 0 Å². The molecule has 2 unspecified atom stereocenters. The molecule has 0 aromatic heterocycles. The number of hydrogen-bond donors (Lipinski definition) is 1. The Morgan fingerprint density at radius 3 is 2.77 bits per heavy atom. The van der Waals surface area contributed by atoms with Crippen molar-refractivity contribution in [1.82, 2.24) is 5.32 Å². The van der Waals surface area contributed by atoms with E-state index >= 15 is 0 Å². The van der Waals surface area contributed by atoms with E-state index in [1.54, 1.807) is 7.05 Å². The van der Waals surface area contributed by atoms with Gasteiger partial charge in [-0.15, -0.1) is 12.3 Å². The maximum atomic E-state index is 12.9. The van der Waals surface area contributed by atoms with Gasteiger partial charge in [0.25, 0.3) is 0 Å². The maximum Gasteiger partial charge on any atom is 0.248 e. The number of alkyl halides is 2. The summed E-state index contributed by atoms with van der Waals surface area (Å²) < 4.78 is 25.7. The SMILES string of the molecule is C#CCC(NC)C1CCC(F)(F)C1. The van der Waals surface area contributed by atoms with Gasteiger partial charge >= 0.3 is 0 Å². The molecule has 1 N–H and O–H groups in total. The number of nitrogens with one attached hydrogen (secondary N) is 1. The Balaban J connectivity index is 2.49. The van der Waals surface area contributed by atoms with Crippen molar-refractivity contribution in [3.05, 3.63) is 0 Å². The van der Waals surface area contributed by atoms with Crippen molar-refractivity contribution in [2.75, 3.05) is 7.05 Å². The van der Waals surface area contributed by atoms with E-state index in [0.717, 1.165) is 0 Å². The molecule has 1 rings (SSSR count). The van der Waals surface area contributed by atoms with E-state index in [1.165, 1.54) is 0 Å². The smallest absolute Gasteiger partial charge is 0.248 e. The molecule has 1 nitrogen and oxygen atoms in total. The van der Waals surface area contributed by atoms with Gasteiger partial charge in [0, 0.05) is 25.3 Å². The third kappa shape index (κ3) is 2.67. The zero-order valence-corrected chi connectivity index (χ0v) is 7.82. The first kappa shape index (κ1) is 10.5. The highest BCUT2D eigenvalue weighted by molar-refractivity contribution is 4.95. The molecule has 0 bridgehead atoms. The molecule has 1 aliphatic carbocycles. The molecule has 0 heterocycles. The van der Waals surface area contributed by atoms with Crippen LogP contribution in [0.3, 0.4) is 0 Å². The molecular weight excluding hydrogens is 172 g/mol. The fourth-order valence-corrected chi connectivity index (χ4v) is 1.96. The zero-order valence-electron chi connectivity index (χ0n) is 7.82. The Bertz CT molecular complexity index is 207. The lowest BCUT2D eigenvalue weighted by molar-refractivity contribution is 0.00352. The van der Waals surface area contributed by atoms with Crippen molar-refractivity contribution in [1.29, 1.82) is 0 Å². The van der Waals surface area contributed by atoms with Crippen LogP contribution < -0.4 is 5.32 Å². The molecule has 0 amide bonds. The molecule has 74 valence electrons. The summed E-state index contributed by atoms with van der Waals surface area (Å²) in [5.74, 6) is 0.0896. The minimum absolute atomic E-state index is 0.0137. The van der Waals surface area contributed by atoms with Gasteiger partial charge in [0.2, 0.25) is 5.92 Å². The van der Waals surface area contributed by atoms with Gasteiger partial charge < -0.3 is 5.32 Å². The predicted molar refractivity (Wildman–Crippen MR) is 48.6 cm³/mol. The first-order valence-electron chi connectivity index (χ1n) is 4.57. The van der Waals surface area contributed by atoms with Crippen LogP contribution in [0.4, 0.5) is 8.78 Å². The Kier molecular flexibility index (Phi) is 3.27. The van der Waals surface area contributed by atoms with Crippen LogP contribution in [0.5, 0.6) is 0 Å². The zero-order chi connectivity index (χ0) is 9.90. The predicted octanol–water partition coefficient (Wildman–Crippen LogP) is 2.03. The summed E-state index contributed by atoms with van der Waals surface area (Å²) in [7, 11) is 1.78. The van der Waals surface area contributed by atoms with Gasteiger partial charge in [-0.25, -0.2) is 8.78 Å². The summed E-state index contributed by atoms with van der Waals surface area (Å²) in [5, 5.41) is 3.01. The second-order valence-corrected chi connectivity index (χ2v) is 3.66. The quantitative estimate of drug-likeness (QED) is 0.667. The van der Waals surface area contributed by atoms with Crippen LogP contribution >= 0.6 is 0 Å². The Hall–Kier alpha value is -0.620. The number of rotatable bonds is 3. The third-order valence-electron chi connectivity index (χ3n) is 2.72. The molecule has 0 aromatic rings. The van der Waals surface area contributed by atoms with Gasteiger partial charge in [-0.2, -0.15) is 0 Å². The minimum Gasteiger partial charge on any atom is -0.316 e. The van der Waals surface area contributed by atoms with Crippen molar-refractivity contribution in [2.45, 2.75) is 37.6 Å². The van der Waals surface area contributed by atoms with Gasteiger partial charge in [-0.05, 0) is 19.4 Å². The largest absolute Gasteiger partial charge is 0.316 e. The second-order valence-electron chi connectivity index (χ2n) is 3.66. The van der Waals surface area contributed by atoms with Crippen LogP contribution in [0.1, 0.15) is 25.7 Å². The van der Waals surface area contributed by atoms with E-state index in [1.807, 2.05) is 0 Å². The van der Waals surface area contributed by atoms with Crippen molar-refractivity contribution >= 4 is 0 Å². The van der Waals surface area contributed by atoms with Gasteiger partial charge in [0.15, 0.2) is 0 Å². The topological polar surface area (TPSA) is 12.0 Å².